The first-order valence-electron chi connectivity index (χ1n) is 6.34. The largest absolute Gasteiger partial charge is 0.389 e. The monoisotopic (exact) mass is 262 g/mol. The van der Waals surface area contributed by atoms with Gasteiger partial charge in [0.1, 0.15) is 5.82 Å². The number of hydrogen-bond acceptors (Lipinski definition) is 2. The zero-order valence-electron chi connectivity index (χ0n) is 12.0. The van der Waals surface area contributed by atoms with Crippen molar-refractivity contribution in [1.82, 2.24) is 9.78 Å². The lowest BCUT2D eigenvalue weighted by Crippen LogP contribution is -2.07. The molecular weight excluding hydrogens is 243 g/mol. The minimum absolute atomic E-state index is 0.307. The molecule has 3 nitrogen and oxygen atoms in total. The highest BCUT2D eigenvalue weighted by molar-refractivity contribution is 5.47. The van der Waals surface area contributed by atoms with Crippen LogP contribution in [0.1, 0.15) is 41.1 Å². The van der Waals surface area contributed by atoms with Crippen LogP contribution in [-0.2, 0) is 0 Å². The van der Waals surface area contributed by atoms with Crippen molar-refractivity contribution in [3.63, 3.8) is 0 Å². The first-order chi connectivity index (χ1) is 8.82. The van der Waals surface area contributed by atoms with Crippen LogP contribution in [0.5, 0.6) is 0 Å². The highest BCUT2D eigenvalue weighted by Crippen LogP contribution is 2.27. The molecule has 0 amide bonds. The third-order valence-corrected chi connectivity index (χ3v) is 3.64. The molecule has 0 aliphatic rings. The molecule has 2 rings (SSSR count). The molecule has 19 heavy (non-hydrogen) atoms. The third-order valence-electron chi connectivity index (χ3n) is 3.64. The van der Waals surface area contributed by atoms with E-state index in [2.05, 4.69) is 5.10 Å². The average Bonchev–Trinajstić information content (AvgIpc) is 2.59. The number of aryl methyl sites for hydroxylation is 2. The van der Waals surface area contributed by atoms with Crippen molar-refractivity contribution in [2.75, 3.05) is 0 Å². The highest BCUT2D eigenvalue weighted by Gasteiger charge is 2.17. The number of aromatic nitrogens is 2. The summed E-state index contributed by atoms with van der Waals surface area (Å²) in [5.74, 6) is -0.307. The standard InChI is InChI=1S/C15H19FN2O/c1-8-6-15(13(12(5)19)7-14(8)16)18-11(4)9(2)10(3)17-18/h6-7,12,19H,1-5H3/t12-/m1/s1. The van der Waals surface area contributed by atoms with Gasteiger partial charge in [0.05, 0.1) is 17.5 Å². The van der Waals surface area contributed by atoms with Crippen molar-refractivity contribution in [1.29, 1.82) is 0 Å². The lowest BCUT2D eigenvalue weighted by molar-refractivity contribution is 0.198. The number of rotatable bonds is 2. The molecule has 0 saturated carbocycles. The van der Waals surface area contributed by atoms with E-state index in [1.165, 1.54) is 6.07 Å². The maximum Gasteiger partial charge on any atom is 0.126 e. The zero-order valence-corrected chi connectivity index (χ0v) is 12.0. The Morgan fingerprint density at radius 3 is 2.32 bits per heavy atom. The molecule has 4 heteroatoms. The first kappa shape index (κ1) is 13.7. The van der Waals surface area contributed by atoms with Gasteiger partial charge in [0, 0.05) is 11.3 Å². The van der Waals surface area contributed by atoms with E-state index in [0.717, 1.165) is 22.6 Å². The van der Waals surface area contributed by atoms with E-state index in [9.17, 15) is 9.50 Å². The molecule has 1 atom stereocenters. The Morgan fingerprint density at radius 1 is 1.21 bits per heavy atom. The normalized spacial score (nSPS) is 12.8. The molecule has 102 valence electrons. The first-order valence-corrected chi connectivity index (χ1v) is 6.34. The molecule has 1 aromatic carbocycles. The molecule has 1 heterocycles. The van der Waals surface area contributed by atoms with Crippen molar-refractivity contribution < 1.29 is 9.50 Å². The van der Waals surface area contributed by atoms with Gasteiger partial charge in [-0.15, -0.1) is 0 Å². The summed E-state index contributed by atoms with van der Waals surface area (Å²) in [6, 6.07) is 3.12. The van der Waals surface area contributed by atoms with Crippen LogP contribution in [0.3, 0.4) is 0 Å². The summed E-state index contributed by atoms with van der Waals surface area (Å²) in [6.45, 7) is 9.26. The third kappa shape index (κ3) is 2.28. The van der Waals surface area contributed by atoms with Gasteiger partial charge >= 0.3 is 0 Å². The van der Waals surface area contributed by atoms with E-state index in [1.54, 1.807) is 24.6 Å². The van der Waals surface area contributed by atoms with Gasteiger partial charge in [-0.1, -0.05) is 0 Å². The summed E-state index contributed by atoms with van der Waals surface area (Å²) in [4.78, 5) is 0. The Bertz CT molecular complexity index is 630. The maximum atomic E-state index is 13.7. The summed E-state index contributed by atoms with van der Waals surface area (Å²) >= 11 is 0. The average molecular weight is 262 g/mol. The maximum absolute atomic E-state index is 13.7. The number of aliphatic hydroxyl groups excluding tert-OH is 1. The Morgan fingerprint density at radius 2 is 1.84 bits per heavy atom. The molecule has 0 saturated heterocycles. The van der Waals surface area contributed by atoms with Gasteiger partial charge in [0.15, 0.2) is 0 Å². The Balaban J connectivity index is 2.73. The Hall–Kier alpha value is -1.68. The van der Waals surface area contributed by atoms with Gasteiger partial charge in [-0.05, 0) is 57.9 Å². The fraction of sp³-hybridized carbons (Fsp3) is 0.400. The van der Waals surface area contributed by atoms with Crippen LogP contribution < -0.4 is 0 Å². The van der Waals surface area contributed by atoms with Gasteiger partial charge in [0.25, 0.3) is 0 Å². The molecule has 0 radical (unpaired) electrons. The molecule has 0 fully saturated rings. The Labute approximate surface area is 112 Å². The molecular formula is C15H19FN2O. The molecule has 2 aromatic rings. The molecule has 0 aliphatic heterocycles. The fourth-order valence-electron chi connectivity index (χ4n) is 2.15. The van der Waals surface area contributed by atoms with Crippen LogP contribution >= 0.6 is 0 Å². The van der Waals surface area contributed by atoms with Crippen LogP contribution in [0.2, 0.25) is 0 Å². The van der Waals surface area contributed by atoms with Crippen LogP contribution in [0.25, 0.3) is 5.69 Å². The van der Waals surface area contributed by atoms with Crippen LogP contribution in [0, 0.1) is 33.5 Å². The summed E-state index contributed by atoms with van der Waals surface area (Å²) in [5, 5.41) is 14.3. The lowest BCUT2D eigenvalue weighted by atomic mass is 10.0. The summed E-state index contributed by atoms with van der Waals surface area (Å²) < 4.78 is 15.5. The van der Waals surface area contributed by atoms with Gasteiger partial charge < -0.3 is 5.11 Å². The van der Waals surface area contributed by atoms with Crippen LogP contribution in [0.4, 0.5) is 4.39 Å². The minimum atomic E-state index is -0.741. The van der Waals surface area contributed by atoms with E-state index in [0.29, 0.717) is 11.1 Å². The minimum Gasteiger partial charge on any atom is -0.389 e. The van der Waals surface area contributed by atoms with Gasteiger partial charge in [0.2, 0.25) is 0 Å². The number of halogens is 1. The highest BCUT2D eigenvalue weighted by atomic mass is 19.1. The predicted molar refractivity (Wildman–Crippen MR) is 73.1 cm³/mol. The molecule has 1 N–H and O–H groups in total. The van der Waals surface area contributed by atoms with E-state index >= 15 is 0 Å². The van der Waals surface area contributed by atoms with E-state index in [4.69, 9.17) is 0 Å². The summed E-state index contributed by atoms with van der Waals surface area (Å²) in [6.07, 6.45) is -0.741. The molecule has 0 aliphatic carbocycles. The number of aliphatic hydroxyl groups is 1. The van der Waals surface area contributed by atoms with Crippen molar-refractivity contribution >= 4 is 0 Å². The lowest BCUT2D eigenvalue weighted by Gasteiger charge is -2.15. The fourth-order valence-corrected chi connectivity index (χ4v) is 2.15. The summed E-state index contributed by atoms with van der Waals surface area (Å²) in [7, 11) is 0. The van der Waals surface area contributed by atoms with Crippen LogP contribution in [0.15, 0.2) is 12.1 Å². The molecule has 0 spiro atoms. The number of hydrogen-bond donors (Lipinski definition) is 1. The second kappa shape index (κ2) is 4.78. The second-order valence-corrected chi connectivity index (χ2v) is 5.04. The van der Waals surface area contributed by atoms with E-state index in [-0.39, 0.29) is 5.82 Å². The zero-order chi connectivity index (χ0) is 14.3. The molecule has 1 aromatic heterocycles. The smallest absolute Gasteiger partial charge is 0.126 e. The quantitative estimate of drug-likeness (QED) is 0.901. The van der Waals surface area contributed by atoms with E-state index < -0.39 is 6.10 Å². The van der Waals surface area contributed by atoms with E-state index in [1.807, 2.05) is 20.8 Å². The van der Waals surface area contributed by atoms with Crippen molar-refractivity contribution in [2.24, 2.45) is 0 Å². The predicted octanol–water partition coefficient (Wildman–Crippen LogP) is 3.30. The van der Waals surface area contributed by atoms with Crippen LogP contribution in [-0.4, -0.2) is 14.9 Å². The number of benzene rings is 1. The van der Waals surface area contributed by atoms with Gasteiger partial charge in [-0.2, -0.15) is 5.10 Å². The second-order valence-electron chi connectivity index (χ2n) is 5.04. The molecule has 0 unspecified atom stereocenters. The number of nitrogens with zero attached hydrogens (tertiary/aromatic N) is 2. The SMILES string of the molecule is Cc1cc(-n2nc(C)c(C)c2C)c([C@@H](C)O)cc1F. The summed E-state index contributed by atoms with van der Waals surface area (Å²) in [5.41, 5.74) is 4.89. The van der Waals surface area contributed by atoms with Gasteiger partial charge in [-0.3, -0.25) is 0 Å². The van der Waals surface area contributed by atoms with Crippen molar-refractivity contribution in [2.45, 2.75) is 40.7 Å². The van der Waals surface area contributed by atoms with Gasteiger partial charge in [-0.25, -0.2) is 9.07 Å². The molecule has 0 bridgehead atoms. The topological polar surface area (TPSA) is 38.0 Å². The van der Waals surface area contributed by atoms with Crippen molar-refractivity contribution in [3.05, 3.63) is 46.0 Å². The Kier molecular flexibility index (Phi) is 3.45. The van der Waals surface area contributed by atoms with Crippen molar-refractivity contribution in [3.8, 4) is 5.69 Å².